The van der Waals surface area contributed by atoms with E-state index in [1.54, 1.807) is 0 Å². The highest BCUT2D eigenvalue weighted by Gasteiger charge is 1.98. The van der Waals surface area contributed by atoms with E-state index in [0.29, 0.717) is 159 Å². The Balaban J connectivity index is 3.05. The lowest BCUT2D eigenvalue weighted by Crippen LogP contribution is -2.19. The van der Waals surface area contributed by atoms with Gasteiger partial charge in [0.15, 0.2) is 0 Å². The first-order valence-corrected chi connectivity index (χ1v) is 16.0. The van der Waals surface area contributed by atoms with Gasteiger partial charge < -0.3 is 71.6 Å². The van der Waals surface area contributed by atoms with Crippen LogP contribution in [-0.4, -0.2) is 208 Å². The molecule has 0 aromatic rings. The van der Waals surface area contributed by atoms with E-state index in [9.17, 15) is 4.79 Å². The second kappa shape index (κ2) is 40.1. The van der Waals surface area contributed by atoms with Crippen molar-refractivity contribution in [3.8, 4) is 0 Å². The van der Waals surface area contributed by atoms with Crippen molar-refractivity contribution in [2.75, 3.05) is 192 Å². The summed E-state index contributed by atoms with van der Waals surface area (Å²) >= 11 is 0. The normalized spacial score (nSPS) is 11.6. The average molecular weight is 676 g/mol. The lowest BCUT2D eigenvalue weighted by Gasteiger charge is -2.10. The van der Waals surface area contributed by atoms with E-state index in [1.807, 2.05) is 14.1 Å². The van der Waals surface area contributed by atoms with Crippen molar-refractivity contribution in [2.24, 2.45) is 0 Å². The van der Waals surface area contributed by atoms with Crippen LogP contribution in [-0.2, 0) is 66.4 Å². The Morgan fingerprint density at radius 1 is 0.348 bits per heavy atom. The highest BCUT2D eigenvalue weighted by atomic mass is 16.6. The Morgan fingerprint density at radius 2 is 0.522 bits per heavy atom. The third-order valence-electron chi connectivity index (χ3n) is 5.37. The monoisotopic (exact) mass is 675 g/mol. The van der Waals surface area contributed by atoms with Gasteiger partial charge in [0, 0.05) is 6.54 Å². The van der Waals surface area contributed by atoms with E-state index < -0.39 is 5.97 Å². The fourth-order valence-corrected chi connectivity index (χ4v) is 3.05. The minimum Gasteiger partial charge on any atom is -0.480 e. The summed E-state index contributed by atoms with van der Waals surface area (Å²) in [6.45, 7) is 12.9. The second-order valence-corrected chi connectivity index (χ2v) is 9.60. The van der Waals surface area contributed by atoms with Crippen LogP contribution in [0.1, 0.15) is 0 Å². The van der Waals surface area contributed by atoms with Gasteiger partial charge in [-0.15, -0.1) is 0 Å². The largest absolute Gasteiger partial charge is 0.480 e. The number of hydrogen-bond acceptors (Lipinski definition) is 15. The van der Waals surface area contributed by atoms with Crippen LogP contribution >= 0.6 is 0 Å². The third kappa shape index (κ3) is 42.9. The van der Waals surface area contributed by atoms with Gasteiger partial charge in [-0.1, -0.05) is 0 Å². The van der Waals surface area contributed by atoms with Crippen molar-refractivity contribution in [3.63, 3.8) is 0 Å². The van der Waals surface area contributed by atoms with Crippen LogP contribution in [0.15, 0.2) is 0 Å². The minimum atomic E-state index is -0.996. The van der Waals surface area contributed by atoms with Crippen LogP contribution in [0.25, 0.3) is 0 Å². The molecule has 46 heavy (non-hydrogen) atoms. The van der Waals surface area contributed by atoms with Gasteiger partial charge in [0.1, 0.15) is 6.61 Å². The summed E-state index contributed by atoms with van der Waals surface area (Å²) in [6.07, 6.45) is 0. The van der Waals surface area contributed by atoms with Crippen LogP contribution in [0, 0.1) is 0 Å². The van der Waals surface area contributed by atoms with E-state index >= 15 is 0 Å². The van der Waals surface area contributed by atoms with Crippen molar-refractivity contribution < 1.29 is 71.5 Å². The molecular formula is C30H61NO15. The molecule has 0 radical (unpaired) electrons. The van der Waals surface area contributed by atoms with Gasteiger partial charge in [-0.05, 0) is 14.1 Å². The maximum atomic E-state index is 10.3. The number of rotatable bonds is 41. The molecule has 0 aliphatic heterocycles. The van der Waals surface area contributed by atoms with Gasteiger partial charge in [0.25, 0.3) is 0 Å². The number of carboxylic acid groups (broad SMARTS) is 1. The number of carboxylic acids is 1. The quantitative estimate of drug-likeness (QED) is 0.0852. The van der Waals surface area contributed by atoms with E-state index in [1.165, 1.54) is 0 Å². The highest BCUT2D eigenvalue weighted by Crippen LogP contribution is 1.88. The van der Waals surface area contributed by atoms with Crippen molar-refractivity contribution in [2.45, 2.75) is 0 Å². The number of nitrogens with zero attached hydrogens (tertiary/aromatic N) is 1. The number of carbonyl (C=O) groups is 1. The Bertz CT molecular complexity index is 593. The molecule has 0 saturated carbocycles. The van der Waals surface area contributed by atoms with E-state index in [0.717, 1.165) is 6.54 Å². The standard InChI is InChI=1S/C30H61NO15/c1-31(2)3-4-34-5-6-35-7-8-36-9-10-37-11-12-38-13-14-39-15-16-40-17-18-41-19-20-42-21-22-43-23-24-44-25-26-45-27-28-46-29-30(32)33/h3-29H2,1-2H3,(H,32,33). The zero-order valence-corrected chi connectivity index (χ0v) is 28.2. The molecule has 0 amide bonds. The minimum absolute atomic E-state index is 0.241. The van der Waals surface area contributed by atoms with Crippen molar-refractivity contribution in [3.05, 3.63) is 0 Å². The first-order valence-electron chi connectivity index (χ1n) is 16.0. The first-order chi connectivity index (χ1) is 22.6. The molecule has 0 aliphatic carbocycles. The smallest absolute Gasteiger partial charge is 0.329 e. The summed E-state index contributed by atoms with van der Waals surface area (Å²) in [5.74, 6) is -0.996. The predicted octanol–water partition coefficient (Wildman–Crippen LogP) is -0.152. The van der Waals surface area contributed by atoms with Crippen LogP contribution in [0.5, 0.6) is 0 Å². The molecule has 0 atom stereocenters. The summed E-state index contributed by atoms with van der Waals surface area (Å²) in [4.78, 5) is 12.3. The van der Waals surface area contributed by atoms with Crippen molar-refractivity contribution in [1.82, 2.24) is 4.90 Å². The number of ether oxygens (including phenoxy) is 13. The summed E-state index contributed by atoms with van der Waals surface area (Å²) in [5.41, 5.74) is 0. The Hall–Kier alpha value is -1.09. The Morgan fingerprint density at radius 3 is 0.696 bits per heavy atom. The maximum Gasteiger partial charge on any atom is 0.329 e. The van der Waals surface area contributed by atoms with Crippen LogP contribution in [0.4, 0.5) is 0 Å². The molecular weight excluding hydrogens is 614 g/mol. The highest BCUT2D eigenvalue weighted by molar-refractivity contribution is 5.67. The fourth-order valence-electron chi connectivity index (χ4n) is 3.05. The Labute approximate surface area is 275 Å². The molecule has 0 spiro atoms. The van der Waals surface area contributed by atoms with E-state index in [4.69, 9.17) is 66.7 Å². The Kier molecular flexibility index (Phi) is 39.1. The van der Waals surface area contributed by atoms with Gasteiger partial charge in [0.2, 0.25) is 0 Å². The molecule has 1 N–H and O–H groups in total. The average Bonchev–Trinajstić information content (AvgIpc) is 3.03. The summed E-state index contributed by atoms with van der Waals surface area (Å²) in [7, 11) is 4.03. The molecule has 0 bridgehead atoms. The SMILES string of the molecule is CN(C)CCOCCOCCOCCOCCOCCOCCOCCOCCOCCOCCOCCOCCOCC(=O)O. The molecule has 276 valence electrons. The molecule has 16 nitrogen and oxygen atoms in total. The predicted molar refractivity (Wildman–Crippen MR) is 167 cm³/mol. The zero-order chi connectivity index (χ0) is 33.4. The summed E-state index contributed by atoms with van der Waals surface area (Å²) in [5, 5.41) is 8.42. The van der Waals surface area contributed by atoms with Gasteiger partial charge in [-0.3, -0.25) is 0 Å². The molecule has 16 heteroatoms. The summed E-state index contributed by atoms with van der Waals surface area (Å²) < 4.78 is 70.0. The maximum absolute atomic E-state index is 10.3. The molecule has 0 aromatic heterocycles. The van der Waals surface area contributed by atoms with Crippen molar-refractivity contribution in [1.29, 1.82) is 0 Å². The number of likely N-dealkylation sites (N-methyl/N-ethyl adjacent to an activating group) is 1. The van der Waals surface area contributed by atoms with Crippen LogP contribution in [0.2, 0.25) is 0 Å². The molecule has 0 fully saturated rings. The first kappa shape index (κ1) is 44.9. The van der Waals surface area contributed by atoms with E-state index in [2.05, 4.69) is 4.90 Å². The zero-order valence-electron chi connectivity index (χ0n) is 28.2. The molecule has 0 aliphatic rings. The van der Waals surface area contributed by atoms with Gasteiger partial charge in [-0.2, -0.15) is 0 Å². The molecule has 0 rings (SSSR count). The number of hydrogen-bond donors (Lipinski definition) is 1. The molecule has 0 saturated heterocycles. The third-order valence-corrected chi connectivity index (χ3v) is 5.37. The second-order valence-electron chi connectivity index (χ2n) is 9.60. The number of aliphatic carboxylic acids is 1. The van der Waals surface area contributed by atoms with Gasteiger partial charge in [0.05, 0.1) is 165 Å². The van der Waals surface area contributed by atoms with Crippen LogP contribution < -0.4 is 0 Å². The molecule has 0 unspecified atom stereocenters. The van der Waals surface area contributed by atoms with Gasteiger partial charge >= 0.3 is 5.97 Å². The fraction of sp³-hybridized carbons (Fsp3) is 0.967. The van der Waals surface area contributed by atoms with Crippen molar-refractivity contribution >= 4 is 5.97 Å². The topological polar surface area (TPSA) is 161 Å². The molecule has 0 heterocycles. The summed E-state index contributed by atoms with van der Waals surface area (Å²) in [6, 6.07) is 0. The van der Waals surface area contributed by atoms with Gasteiger partial charge in [-0.25, -0.2) is 4.79 Å². The lowest BCUT2D eigenvalue weighted by atomic mass is 10.6. The van der Waals surface area contributed by atoms with E-state index in [-0.39, 0.29) is 13.2 Å². The van der Waals surface area contributed by atoms with Crippen LogP contribution in [0.3, 0.4) is 0 Å². The lowest BCUT2D eigenvalue weighted by molar-refractivity contribution is -0.142. The molecule has 0 aromatic carbocycles.